The minimum absolute atomic E-state index is 0.100. The van der Waals surface area contributed by atoms with E-state index in [0.717, 1.165) is 5.71 Å². The zero-order valence-corrected chi connectivity index (χ0v) is 19.9. The van der Waals surface area contributed by atoms with Crippen LogP contribution in [0.1, 0.15) is 52.7 Å². The van der Waals surface area contributed by atoms with E-state index in [-0.39, 0.29) is 23.2 Å². The molecule has 0 N–H and O–H groups in total. The molecule has 1 fully saturated rings. The molecular formula is C27H32N2O4. The van der Waals surface area contributed by atoms with E-state index < -0.39 is 6.10 Å². The van der Waals surface area contributed by atoms with E-state index in [9.17, 15) is 10.1 Å². The molecule has 3 unspecified atom stereocenters. The maximum Gasteiger partial charge on any atom is 0.311 e. The average Bonchev–Trinajstić information content (AvgIpc) is 3.32. The minimum Gasteiger partial charge on any atom is -0.457 e. The van der Waals surface area contributed by atoms with Crippen molar-refractivity contribution in [2.75, 3.05) is 6.61 Å². The van der Waals surface area contributed by atoms with Gasteiger partial charge in [0.1, 0.15) is 24.2 Å². The van der Waals surface area contributed by atoms with Crippen molar-refractivity contribution in [1.29, 1.82) is 5.26 Å². The lowest BCUT2D eigenvalue weighted by Crippen LogP contribution is -2.15. The second-order valence-corrected chi connectivity index (χ2v) is 9.56. The second-order valence-electron chi connectivity index (χ2n) is 9.56. The van der Waals surface area contributed by atoms with Crippen LogP contribution in [0.15, 0.2) is 59.8 Å². The molecule has 0 aromatic heterocycles. The van der Waals surface area contributed by atoms with Crippen molar-refractivity contribution in [3.05, 3.63) is 60.2 Å². The Balaban J connectivity index is 1.63. The normalized spacial score (nSPS) is 20.0. The summed E-state index contributed by atoms with van der Waals surface area (Å²) >= 11 is 0. The van der Waals surface area contributed by atoms with E-state index in [1.807, 2.05) is 51.1 Å². The molecule has 0 bridgehead atoms. The maximum absolute atomic E-state index is 13.0. The van der Waals surface area contributed by atoms with E-state index in [1.54, 1.807) is 24.3 Å². The quantitative estimate of drug-likeness (QED) is 0.242. The summed E-state index contributed by atoms with van der Waals surface area (Å²) in [5.74, 6) is 1.13. The summed E-state index contributed by atoms with van der Waals surface area (Å²) in [4.78, 5) is 18.3. The summed E-state index contributed by atoms with van der Waals surface area (Å²) < 4.78 is 11.5. The summed E-state index contributed by atoms with van der Waals surface area (Å²) in [5.41, 5.74) is 1.21. The van der Waals surface area contributed by atoms with Crippen LogP contribution in [-0.4, -0.2) is 18.3 Å². The van der Waals surface area contributed by atoms with E-state index in [2.05, 4.69) is 25.1 Å². The summed E-state index contributed by atoms with van der Waals surface area (Å²) in [6, 6.07) is 18.6. The van der Waals surface area contributed by atoms with Gasteiger partial charge >= 0.3 is 5.97 Å². The predicted molar refractivity (Wildman–Crippen MR) is 127 cm³/mol. The SMILES string of the molecule is CC(CC1C(C(=O)OC(C#N)c2cccc(Oc3ccccc3)c2)C1(C)C)=NOCC(C)C. The van der Waals surface area contributed by atoms with E-state index in [1.165, 1.54) is 0 Å². The summed E-state index contributed by atoms with van der Waals surface area (Å²) in [6.45, 7) is 10.7. The topological polar surface area (TPSA) is 80.9 Å². The Morgan fingerprint density at radius 1 is 1.12 bits per heavy atom. The Bertz CT molecular complexity index is 1020. The van der Waals surface area contributed by atoms with Gasteiger partial charge in [0.15, 0.2) is 0 Å². The number of ether oxygens (including phenoxy) is 2. The van der Waals surface area contributed by atoms with Crippen molar-refractivity contribution in [2.45, 2.75) is 47.1 Å². The molecule has 0 radical (unpaired) electrons. The molecule has 174 valence electrons. The van der Waals surface area contributed by atoms with E-state index in [0.29, 0.717) is 36.0 Å². The van der Waals surface area contributed by atoms with Crippen LogP contribution >= 0.6 is 0 Å². The lowest BCUT2D eigenvalue weighted by atomic mass is 10.1. The van der Waals surface area contributed by atoms with Crippen molar-refractivity contribution in [2.24, 2.45) is 28.3 Å². The van der Waals surface area contributed by atoms with Crippen LogP contribution < -0.4 is 4.74 Å². The molecule has 6 heteroatoms. The van der Waals surface area contributed by atoms with Gasteiger partial charge in [0.05, 0.1) is 11.6 Å². The number of oxime groups is 1. The summed E-state index contributed by atoms with van der Waals surface area (Å²) in [6.07, 6.45) is -0.347. The molecule has 1 aliphatic carbocycles. The highest BCUT2D eigenvalue weighted by atomic mass is 16.6. The third kappa shape index (κ3) is 6.35. The maximum atomic E-state index is 13.0. The molecule has 0 aliphatic heterocycles. The van der Waals surface area contributed by atoms with Crippen LogP contribution in [0.2, 0.25) is 0 Å². The Hall–Kier alpha value is -3.33. The van der Waals surface area contributed by atoms with Crippen LogP contribution in [0.3, 0.4) is 0 Å². The van der Waals surface area contributed by atoms with Gasteiger partial charge < -0.3 is 14.3 Å². The third-order valence-corrected chi connectivity index (χ3v) is 5.94. The van der Waals surface area contributed by atoms with Gasteiger partial charge in [0.2, 0.25) is 6.10 Å². The summed E-state index contributed by atoms with van der Waals surface area (Å²) in [7, 11) is 0. The smallest absolute Gasteiger partial charge is 0.311 e. The zero-order chi connectivity index (χ0) is 24.0. The number of benzene rings is 2. The van der Waals surface area contributed by atoms with Gasteiger partial charge in [-0.15, -0.1) is 0 Å². The van der Waals surface area contributed by atoms with Gasteiger partial charge in [-0.2, -0.15) is 5.26 Å². The fourth-order valence-corrected chi connectivity index (χ4v) is 3.97. The summed E-state index contributed by atoms with van der Waals surface area (Å²) in [5, 5.41) is 13.9. The van der Waals surface area contributed by atoms with Crippen LogP contribution in [0.5, 0.6) is 11.5 Å². The van der Waals surface area contributed by atoms with Crippen LogP contribution in [0.4, 0.5) is 0 Å². The monoisotopic (exact) mass is 448 g/mol. The number of carbonyl (C=O) groups is 1. The average molecular weight is 449 g/mol. The number of hydrogen-bond acceptors (Lipinski definition) is 6. The van der Waals surface area contributed by atoms with E-state index in [4.69, 9.17) is 14.3 Å². The van der Waals surface area contributed by atoms with Crippen molar-refractivity contribution < 1.29 is 19.1 Å². The molecule has 0 amide bonds. The highest BCUT2D eigenvalue weighted by Crippen LogP contribution is 2.60. The van der Waals surface area contributed by atoms with Gasteiger partial charge in [-0.1, -0.05) is 63.2 Å². The van der Waals surface area contributed by atoms with Crippen molar-refractivity contribution in [1.82, 2.24) is 0 Å². The Kier molecular flexibility index (Phi) is 7.75. The van der Waals surface area contributed by atoms with Gasteiger partial charge in [-0.3, -0.25) is 4.79 Å². The molecule has 6 nitrogen and oxygen atoms in total. The molecule has 3 atom stereocenters. The first-order valence-corrected chi connectivity index (χ1v) is 11.3. The number of carbonyl (C=O) groups excluding carboxylic acids is 1. The molecule has 1 aliphatic rings. The first-order valence-electron chi connectivity index (χ1n) is 11.3. The molecule has 3 rings (SSSR count). The Labute approximate surface area is 196 Å². The zero-order valence-electron chi connectivity index (χ0n) is 19.9. The van der Waals surface area contributed by atoms with Crippen LogP contribution in [0, 0.1) is 34.5 Å². The van der Waals surface area contributed by atoms with Crippen molar-refractivity contribution in [3.8, 4) is 17.6 Å². The highest BCUT2D eigenvalue weighted by Gasteiger charge is 2.62. The Morgan fingerprint density at radius 3 is 2.48 bits per heavy atom. The van der Waals surface area contributed by atoms with Crippen LogP contribution in [0.25, 0.3) is 0 Å². The van der Waals surface area contributed by atoms with Gasteiger partial charge in [-0.25, -0.2) is 0 Å². The lowest BCUT2D eigenvalue weighted by molar-refractivity contribution is -0.149. The third-order valence-electron chi connectivity index (χ3n) is 5.94. The molecule has 33 heavy (non-hydrogen) atoms. The molecule has 0 heterocycles. The number of nitriles is 1. The number of nitrogens with zero attached hydrogens (tertiary/aromatic N) is 2. The molecule has 0 saturated heterocycles. The van der Waals surface area contributed by atoms with Crippen LogP contribution in [-0.2, 0) is 14.4 Å². The number of esters is 1. The van der Waals surface area contributed by atoms with Gasteiger partial charge in [-0.05, 0) is 54.9 Å². The van der Waals surface area contributed by atoms with Crippen molar-refractivity contribution >= 4 is 11.7 Å². The fourth-order valence-electron chi connectivity index (χ4n) is 3.97. The van der Waals surface area contributed by atoms with Gasteiger partial charge in [0, 0.05) is 5.56 Å². The van der Waals surface area contributed by atoms with Crippen molar-refractivity contribution in [3.63, 3.8) is 0 Å². The minimum atomic E-state index is -1.00. The van der Waals surface area contributed by atoms with Gasteiger partial charge in [0.25, 0.3) is 0 Å². The molecule has 2 aromatic rings. The first-order chi connectivity index (χ1) is 15.7. The predicted octanol–water partition coefficient (Wildman–Crippen LogP) is 6.30. The Morgan fingerprint density at radius 2 is 1.82 bits per heavy atom. The van der Waals surface area contributed by atoms with E-state index >= 15 is 0 Å². The molecule has 1 saturated carbocycles. The second kappa shape index (κ2) is 10.5. The molecule has 2 aromatic carbocycles. The fraction of sp³-hybridized carbons (Fsp3) is 0.444. The lowest BCUT2D eigenvalue weighted by Gasteiger charge is -2.13. The number of para-hydroxylation sites is 1. The highest BCUT2D eigenvalue weighted by molar-refractivity contribution is 5.85. The number of rotatable bonds is 10. The first kappa shape index (κ1) is 24.3. The molecular weight excluding hydrogens is 416 g/mol. The molecule has 0 spiro atoms. The standard InChI is InChI=1S/C27H32N2O4/c1-18(2)17-31-29-19(3)14-23-25(27(23,4)5)26(30)33-24(16-28)20-10-9-13-22(15-20)32-21-11-7-6-8-12-21/h6-13,15,18,23-25H,14,17H2,1-5H3. The number of hydrogen-bond donors (Lipinski definition) is 0. The largest absolute Gasteiger partial charge is 0.457 e.